The van der Waals surface area contributed by atoms with Gasteiger partial charge in [0.2, 0.25) is 0 Å². The third-order valence-corrected chi connectivity index (χ3v) is 4.19. The number of aromatic nitrogens is 7. The lowest BCUT2D eigenvalue weighted by atomic mass is 10.5. The lowest BCUT2D eigenvalue weighted by molar-refractivity contribution is 0.639. The van der Waals surface area contributed by atoms with E-state index in [1.165, 1.54) is 27.2 Å². The maximum Gasteiger partial charge on any atom is 0.350 e. The van der Waals surface area contributed by atoms with Gasteiger partial charge < -0.3 is 4.98 Å². The van der Waals surface area contributed by atoms with Gasteiger partial charge in [0, 0.05) is 11.9 Å². The Hall–Kier alpha value is -2.68. The summed E-state index contributed by atoms with van der Waals surface area (Å²) < 4.78 is 3.00. The number of aryl methyl sites for hydroxylation is 1. The van der Waals surface area contributed by atoms with Crippen molar-refractivity contribution in [1.29, 1.82) is 0 Å². The van der Waals surface area contributed by atoms with Crippen molar-refractivity contribution in [1.82, 2.24) is 34.1 Å². The van der Waals surface area contributed by atoms with Gasteiger partial charge in [-0.05, 0) is 12.1 Å². The predicted molar refractivity (Wildman–Crippen MR) is 81.9 cm³/mol. The zero-order valence-electron chi connectivity index (χ0n) is 11.4. The Morgan fingerprint density at radius 1 is 1.23 bits per heavy atom. The van der Waals surface area contributed by atoms with E-state index in [0.717, 1.165) is 10.5 Å². The molecule has 0 saturated heterocycles. The Balaban J connectivity index is 1.54. The van der Waals surface area contributed by atoms with E-state index in [0.29, 0.717) is 23.6 Å². The Labute approximate surface area is 128 Å². The highest BCUT2D eigenvalue weighted by Crippen LogP contribution is 2.21. The number of H-pyrrole nitrogens is 1. The molecule has 0 aromatic carbocycles. The van der Waals surface area contributed by atoms with E-state index in [4.69, 9.17) is 0 Å². The third-order valence-electron chi connectivity index (χ3n) is 3.22. The molecule has 110 valence electrons. The lowest BCUT2D eigenvalue weighted by Crippen LogP contribution is -2.22. The van der Waals surface area contributed by atoms with Crippen molar-refractivity contribution < 1.29 is 0 Å². The molecule has 0 fully saturated rings. The van der Waals surface area contributed by atoms with Crippen LogP contribution in [0.4, 0.5) is 0 Å². The Morgan fingerprint density at radius 2 is 2.18 bits per heavy atom. The molecule has 0 saturated carbocycles. The average molecular weight is 313 g/mol. The smallest absolute Gasteiger partial charge is 0.341 e. The van der Waals surface area contributed by atoms with Crippen LogP contribution < -0.4 is 5.69 Å². The zero-order chi connectivity index (χ0) is 14.9. The second-order valence-corrected chi connectivity index (χ2v) is 5.65. The largest absolute Gasteiger partial charge is 0.350 e. The van der Waals surface area contributed by atoms with Crippen molar-refractivity contribution in [2.75, 3.05) is 5.75 Å². The normalized spacial score (nSPS) is 11.5. The molecule has 0 amide bonds. The monoisotopic (exact) mass is 313 g/mol. The number of imidazole rings is 1. The first-order valence-corrected chi connectivity index (χ1v) is 7.62. The maximum atomic E-state index is 12.2. The SMILES string of the molecule is O=c1n(CCSc2ncnc3nc[nH]c23)nc2ccccn12. The quantitative estimate of drug-likeness (QED) is 0.445. The van der Waals surface area contributed by atoms with Crippen LogP contribution >= 0.6 is 11.8 Å². The molecule has 9 heteroatoms. The number of thioether (sulfide) groups is 1. The van der Waals surface area contributed by atoms with Gasteiger partial charge in [-0.25, -0.2) is 24.4 Å². The van der Waals surface area contributed by atoms with E-state index >= 15 is 0 Å². The van der Waals surface area contributed by atoms with Crippen LogP contribution in [0.25, 0.3) is 16.8 Å². The van der Waals surface area contributed by atoms with Crippen LogP contribution in [0.3, 0.4) is 0 Å². The summed E-state index contributed by atoms with van der Waals surface area (Å²) in [7, 11) is 0. The first kappa shape index (κ1) is 13.0. The van der Waals surface area contributed by atoms with E-state index in [1.54, 1.807) is 12.5 Å². The molecule has 1 N–H and O–H groups in total. The number of pyridine rings is 1. The van der Waals surface area contributed by atoms with E-state index in [9.17, 15) is 4.79 Å². The minimum atomic E-state index is -0.134. The highest BCUT2D eigenvalue weighted by Gasteiger charge is 2.08. The van der Waals surface area contributed by atoms with Crippen LogP contribution in [-0.2, 0) is 6.54 Å². The van der Waals surface area contributed by atoms with Crippen molar-refractivity contribution in [3.63, 3.8) is 0 Å². The number of hydrogen-bond acceptors (Lipinski definition) is 6. The van der Waals surface area contributed by atoms with Crippen LogP contribution in [0, 0.1) is 0 Å². The van der Waals surface area contributed by atoms with Crippen molar-refractivity contribution in [2.45, 2.75) is 11.6 Å². The zero-order valence-corrected chi connectivity index (χ0v) is 12.2. The van der Waals surface area contributed by atoms with Crippen LogP contribution in [0.5, 0.6) is 0 Å². The molecule has 4 aromatic heterocycles. The van der Waals surface area contributed by atoms with Gasteiger partial charge in [0.05, 0.1) is 12.9 Å². The second kappa shape index (κ2) is 5.26. The van der Waals surface area contributed by atoms with Crippen LogP contribution in [0.1, 0.15) is 0 Å². The first-order valence-electron chi connectivity index (χ1n) is 6.64. The first-order chi connectivity index (χ1) is 10.8. The molecule has 0 aliphatic heterocycles. The van der Waals surface area contributed by atoms with Crippen molar-refractivity contribution in [3.05, 3.63) is 47.5 Å². The van der Waals surface area contributed by atoms with Crippen LogP contribution in [-0.4, -0.2) is 39.9 Å². The summed E-state index contributed by atoms with van der Waals surface area (Å²) in [6.45, 7) is 0.505. The summed E-state index contributed by atoms with van der Waals surface area (Å²) in [5.41, 5.74) is 1.97. The summed E-state index contributed by atoms with van der Waals surface area (Å²) in [6.07, 6.45) is 4.80. The standard InChI is InChI=1S/C13H11N7OS/c21-13-19-4-2-1-3-9(19)18-20(13)5-6-22-12-10-11(15-7-14-10)16-8-17-12/h1-4,7-8H,5-6H2,(H,14,15,16,17). The van der Waals surface area contributed by atoms with Crippen molar-refractivity contribution >= 4 is 28.6 Å². The number of fused-ring (bicyclic) bond motifs is 2. The van der Waals surface area contributed by atoms with Gasteiger partial charge in [-0.1, -0.05) is 6.07 Å². The molecule has 0 unspecified atom stereocenters. The molecular formula is C13H11N7OS. The molecule has 8 nitrogen and oxygen atoms in total. The molecule has 4 heterocycles. The van der Waals surface area contributed by atoms with Gasteiger partial charge in [-0.15, -0.1) is 16.9 Å². The number of nitrogens with one attached hydrogen (secondary N) is 1. The molecule has 22 heavy (non-hydrogen) atoms. The number of hydrogen-bond donors (Lipinski definition) is 1. The number of rotatable bonds is 4. The Kier molecular flexibility index (Phi) is 3.11. The molecule has 0 radical (unpaired) electrons. The molecule has 4 aromatic rings. The average Bonchev–Trinajstić information content (AvgIpc) is 3.14. The fourth-order valence-electron chi connectivity index (χ4n) is 2.19. The molecule has 0 bridgehead atoms. The van der Waals surface area contributed by atoms with Gasteiger partial charge in [-0.2, -0.15) is 0 Å². The lowest BCUT2D eigenvalue weighted by Gasteiger charge is -2.01. The summed E-state index contributed by atoms with van der Waals surface area (Å²) in [5.74, 6) is 0.676. The van der Waals surface area contributed by atoms with E-state index in [1.807, 2.05) is 18.2 Å². The number of aromatic amines is 1. The molecule has 0 spiro atoms. The minimum Gasteiger partial charge on any atom is -0.341 e. The van der Waals surface area contributed by atoms with Gasteiger partial charge in [0.15, 0.2) is 11.3 Å². The van der Waals surface area contributed by atoms with Gasteiger partial charge in [0.1, 0.15) is 16.9 Å². The minimum absolute atomic E-state index is 0.134. The summed E-state index contributed by atoms with van der Waals surface area (Å²) in [4.78, 5) is 27.6. The molecule has 0 atom stereocenters. The van der Waals surface area contributed by atoms with Gasteiger partial charge in [0.25, 0.3) is 0 Å². The highest BCUT2D eigenvalue weighted by atomic mass is 32.2. The molecular weight excluding hydrogens is 302 g/mol. The fourth-order valence-corrected chi connectivity index (χ4v) is 3.07. The highest BCUT2D eigenvalue weighted by molar-refractivity contribution is 7.99. The van der Waals surface area contributed by atoms with Crippen molar-refractivity contribution in [2.24, 2.45) is 0 Å². The topological polar surface area (TPSA) is 93.8 Å². The second-order valence-electron chi connectivity index (χ2n) is 4.56. The molecule has 0 aliphatic rings. The Morgan fingerprint density at radius 3 is 3.09 bits per heavy atom. The summed E-state index contributed by atoms with van der Waals surface area (Å²) >= 11 is 1.54. The van der Waals surface area contributed by atoms with E-state index < -0.39 is 0 Å². The summed E-state index contributed by atoms with van der Waals surface area (Å²) in [6, 6.07) is 5.48. The van der Waals surface area contributed by atoms with Gasteiger partial charge in [-0.3, -0.25) is 4.40 Å². The van der Waals surface area contributed by atoms with Crippen LogP contribution in [0.2, 0.25) is 0 Å². The molecule has 4 rings (SSSR count). The van der Waals surface area contributed by atoms with Gasteiger partial charge >= 0.3 is 5.69 Å². The van der Waals surface area contributed by atoms with E-state index in [-0.39, 0.29) is 5.69 Å². The van der Waals surface area contributed by atoms with Crippen LogP contribution in [0.15, 0.2) is 46.9 Å². The van der Waals surface area contributed by atoms with E-state index in [2.05, 4.69) is 25.0 Å². The maximum absolute atomic E-state index is 12.2. The number of nitrogens with zero attached hydrogens (tertiary/aromatic N) is 6. The summed E-state index contributed by atoms with van der Waals surface area (Å²) in [5, 5.41) is 5.12. The molecule has 0 aliphatic carbocycles. The van der Waals surface area contributed by atoms with Crippen molar-refractivity contribution in [3.8, 4) is 0 Å². The fraction of sp³-hybridized carbons (Fsp3) is 0.154. The Bertz CT molecular complexity index is 1000. The third kappa shape index (κ3) is 2.15. The predicted octanol–water partition coefficient (Wildman–Crippen LogP) is 0.955.